The smallest absolute Gasteiger partial charge is 0.405 e. The topological polar surface area (TPSA) is 170 Å². The van der Waals surface area contributed by atoms with Gasteiger partial charge in [0, 0.05) is 11.4 Å². The maximum Gasteiger partial charge on any atom is 0.405 e. The zero-order chi connectivity index (χ0) is 38.8. The Hall–Kier alpha value is -5.74. The van der Waals surface area contributed by atoms with Crippen molar-refractivity contribution in [2.45, 2.75) is 50.6 Å². The zero-order valence-corrected chi connectivity index (χ0v) is 28.4. The van der Waals surface area contributed by atoms with E-state index in [1.165, 1.54) is 75.6 Å². The van der Waals surface area contributed by atoms with Gasteiger partial charge in [0.25, 0.3) is 11.8 Å². The van der Waals surface area contributed by atoms with E-state index < -0.39 is 66.3 Å². The van der Waals surface area contributed by atoms with E-state index in [-0.39, 0.29) is 33.9 Å². The molecule has 0 aliphatic rings. The van der Waals surface area contributed by atoms with Gasteiger partial charge in [-0.05, 0) is 59.5 Å². The van der Waals surface area contributed by atoms with Crippen molar-refractivity contribution >= 4 is 35.1 Å². The van der Waals surface area contributed by atoms with Gasteiger partial charge < -0.3 is 25.4 Å². The lowest BCUT2D eigenvalue weighted by Gasteiger charge is -2.28. The molecule has 17 heteroatoms. The molecule has 52 heavy (non-hydrogen) atoms. The van der Waals surface area contributed by atoms with Crippen molar-refractivity contribution in [3.63, 3.8) is 0 Å². The minimum absolute atomic E-state index is 0.0115. The molecule has 0 bridgehead atoms. The van der Waals surface area contributed by atoms with Gasteiger partial charge in [0.2, 0.25) is 11.7 Å². The Morgan fingerprint density at radius 2 is 1.50 bits per heavy atom. The van der Waals surface area contributed by atoms with Crippen LogP contribution in [0.5, 0.6) is 11.5 Å². The summed E-state index contributed by atoms with van der Waals surface area (Å²) >= 11 is 6.12. The van der Waals surface area contributed by atoms with Gasteiger partial charge in [-0.2, -0.15) is 32.5 Å². The summed E-state index contributed by atoms with van der Waals surface area (Å²) in [5.41, 5.74) is 0.867. The third kappa shape index (κ3) is 11.1. The van der Waals surface area contributed by atoms with Crippen LogP contribution in [0.3, 0.4) is 0 Å². The van der Waals surface area contributed by atoms with Gasteiger partial charge in [-0.1, -0.05) is 49.7 Å². The maximum absolute atomic E-state index is 14.9. The maximum atomic E-state index is 14.9. The van der Waals surface area contributed by atoms with Gasteiger partial charge >= 0.3 is 12.1 Å². The number of rotatable bonds is 15. The van der Waals surface area contributed by atoms with Gasteiger partial charge in [-0.15, -0.1) is 0 Å². The SMILES string of the molecule is COc1ccc(C(NC(=O)C(Cc2cccc(C#N)c2)Oc2cc(Cl)cc(C#N)c2)C(=O)N[C@H](C(=O)C(F)(F)C(=O)NCC(F)(F)F)C(C)C)cc1. The Morgan fingerprint density at radius 1 is 0.846 bits per heavy atom. The minimum atomic E-state index is -5.05. The molecule has 2 unspecified atom stereocenters. The number of halogens is 6. The van der Waals surface area contributed by atoms with Crippen LogP contribution < -0.4 is 25.4 Å². The van der Waals surface area contributed by atoms with Crippen molar-refractivity contribution in [3.8, 4) is 23.6 Å². The fraction of sp³-hybridized carbons (Fsp3) is 0.314. The lowest BCUT2D eigenvalue weighted by Crippen LogP contribution is -2.58. The Balaban J connectivity index is 2.01. The highest BCUT2D eigenvalue weighted by atomic mass is 35.5. The molecular formula is C35H31ClF5N5O6. The molecule has 0 saturated heterocycles. The molecular weight excluding hydrogens is 717 g/mol. The number of carbonyl (C=O) groups excluding carboxylic acids is 4. The normalized spacial score (nSPS) is 13.1. The summed E-state index contributed by atoms with van der Waals surface area (Å²) in [4.78, 5) is 52.7. The largest absolute Gasteiger partial charge is 0.497 e. The molecule has 0 saturated carbocycles. The third-order valence-corrected chi connectivity index (χ3v) is 7.56. The molecule has 3 aromatic rings. The van der Waals surface area contributed by atoms with E-state index >= 15 is 0 Å². The first-order valence-electron chi connectivity index (χ1n) is 15.3. The second-order valence-corrected chi connectivity index (χ2v) is 12.0. The monoisotopic (exact) mass is 747 g/mol. The van der Waals surface area contributed by atoms with Gasteiger partial charge in [-0.25, -0.2) is 0 Å². The number of methoxy groups -OCH3 is 1. The summed E-state index contributed by atoms with van der Waals surface area (Å²) in [7, 11) is 1.36. The number of benzene rings is 3. The van der Waals surface area contributed by atoms with Crippen LogP contribution in [-0.2, 0) is 25.6 Å². The molecule has 274 valence electrons. The summed E-state index contributed by atoms with van der Waals surface area (Å²) in [6.45, 7) is 0.358. The van der Waals surface area contributed by atoms with Crippen LogP contribution in [-0.4, -0.2) is 61.4 Å². The number of ether oxygens (including phenoxy) is 2. The minimum Gasteiger partial charge on any atom is -0.497 e. The number of carbonyl (C=O) groups is 4. The summed E-state index contributed by atoms with van der Waals surface area (Å²) in [6, 6.07) is 15.7. The van der Waals surface area contributed by atoms with Crippen molar-refractivity contribution in [1.29, 1.82) is 10.5 Å². The summed E-state index contributed by atoms with van der Waals surface area (Å²) in [6.07, 6.45) is -6.72. The predicted octanol–water partition coefficient (Wildman–Crippen LogP) is 4.96. The predicted molar refractivity (Wildman–Crippen MR) is 175 cm³/mol. The first-order chi connectivity index (χ1) is 24.4. The van der Waals surface area contributed by atoms with Crippen LogP contribution in [0.25, 0.3) is 0 Å². The number of nitrogens with zero attached hydrogens (tertiary/aromatic N) is 2. The standard InChI is InChI=1S/C35H31ClF5N5O6/c1-19(2)28(30(47)35(40,41)33(50)44-18-34(37,38)39)45-32(49)29(23-7-9-25(51-3)10-8-23)46-31(48)27(14-20-5-4-6-21(11-20)16-42)52-26-13-22(17-43)12-24(36)15-26/h4-13,15,19,27-29H,14,18H2,1-3H3,(H,44,50)(H,45,49)(H,46,48)/t27?,28-,29?/m0/s1. The van der Waals surface area contributed by atoms with E-state index in [2.05, 4.69) is 10.6 Å². The van der Waals surface area contributed by atoms with E-state index in [1.807, 2.05) is 12.1 Å². The lowest BCUT2D eigenvalue weighted by molar-refractivity contribution is -0.165. The Labute approximate surface area is 299 Å². The van der Waals surface area contributed by atoms with Gasteiger partial charge in [0.1, 0.15) is 24.1 Å². The molecule has 3 amide bonds. The number of hydrogen-bond acceptors (Lipinski definition) is 8. The third-order valence-electron chi connectivity index (χ3n) is 7.34. The Bertz CT molecular complexity index is 1880. The number of nitriles is 2. The van der Waals surface area contributed by atoms with Crippen LogP contribution >= 0.6 is 11.6 Å². The number of Topliss-reactive ketones (excluding diaryl/α,β-unsaturated/α-hetero) is 1. The number of alkyl halides is 5. The molecule has 0 aromatic heterocycles. The highest BCUT2D eigenvalue weighted by Gasteiger charge is 2.52. The molecule has 0 spiro atoms. The van der Waals surface area contributed by atoms with Gasteiger partial charge in [-0.3, -0.25) is 19.2 Å². The van der Waals surface area contributed by atoms with E-state index in [0.29, 0.717) is 11.3 Å². The van der Waals surface area contributed by atoms with Crippen molar-refractivity contribution in [2.24, 2.45) is 5.92 Å². The van der Waals surface area contributed by atoms with Crippen LogP contribution in [0, 0.1) is 28.6 Å². The van der Waals surface area contributed by atoms with Crippen LogP contribution in [0.2, 0.25) is 5.02 Å². The van der Waals surface area contributed by atoms with Crippen LogP contribution in [0.4, 0.5) is 22.0 Å². The number of nitrogens with one attached hydrogen (secondary N) is 3. The molecule has 3 aromatic carbocycles. The zero-order valence-electron chi connectivity index (χ0n) is 27.7. The molecule has 0 radical (unpaired) electrons. The molecule has 0 fully saturated rings. The average molecular weight is 748 g/mol. The fourth-order valence-corrected chi connectivity index (χ4v) is 4.96. The second-order valence-electron chi connectivity index (χ2n) is 11.6. The van der Waals surface area contributed by atoms with Crippen molar-refractivity contribution in [2.75, 3.05) is 13.7 Å². The number of hydrogen-bond donors (Lipinski definition) is 3. The molecule has 0 aliphatic heterocycles. The van der Waals surface area contributed by atoms with Crippen LogP contribution in [0.15, 0.2) is 66.7 Å². The van der Waals surface area contributed by atoms with Crippen molar-refractivity contribution in [3.05, 3.63) is 94.0 Å². The molecule has 3 atom stereocenters. The lowest BCUT2D eigenvalue weighted by atomic mass is 9.94. The molecule has 3 N–H and O–H groups in total. The van der Waals surface area contributed by atoms with Crippen LogP contribution in [0.1, 0.15) is 42.1 Å². The second kappa shape index (κ2) is 17.5. The quantitative estimate of drug-likeness (QED) is 0.145. The van der Waals surface area contributed by atoms with Gasteiger partial charge in [0.15, 0.2) is 6.10 Å². The van der Waals surface area contributed by atoms with E-state index in [1.54, 1.807) is 12.1 Å². The van der Waals surface area contributed by atoms with Crippen molar-refractivity contribution in [1.82, 2.24) is 16.0 Å². The Morgan fingerprint density at radius 3 is 2.08 bits per heavy atom. The van der Waals surface area contributed by atoms with Gasteiger partial charge in [0.05, 0.1) is 36.4 Å². The first-order valence-corrected chi connectivity index (χ1v) is 15.6. The average Bonchev–Trinajstić information content (AvgIpc) is 3.10. The first kappa shape index (κ1) is 40.7. The number of amides is 3. The summed E-state index contributed by atoms with van der Waals surface area (Å²) in [5, 5.41) is 24.4. The Kier molecular flexibility index (Phi) is 13.7. The molecule has 3 rings (SSSR count). The highest BCUT2D eigenvalue weighted by molar-refractivity contribution is 6.30. The summed E-state index contributed by atoms with van der Waals surface area (Å²) in [5.74, 6) is -12.7. The number of ketones is 1. The molecule has 11 nitrogen and oxygen atoms in total. The molecule has 0 aliphatic carbocycles. The van der Waals surface area contributed by atoms with E-state index in [4.69, 9.17) is 21.1 Å². The fourth-order valence-electron chi connectivity index (χ4n) is 4.73. The highest BCUT2D eigenvalue weighted by Crippen LogP contribution is 2.26. The molecule has 0 heterocycles. The van der Waals surface area contributed by atoms with Crippen molar-refractivity contribution < 1.29 is 50.6 Å². The van der Waals surface area contributed by atoms with E-state index in [0.717, 1.165) is 5.32 Å². The van der Waals surface area contributed by atoms with E-state index in [9.17, 15) is 51.7 Å². The summed E-state index contributed by atoms with van der Waals surface area (Å²) < 4.78 is 78.6.